The summed E-state index contributed by atoms with van der Waals surface area (Å²) in [6, 6.07) is 0. The molecule has 0 aliphatic rings. The fraction of sp³-hybridized carbons (Fsp3) is 1.00. The van der Waals surface area contributed by atoms with Gasteiger partial charge in [0, 0.05) is 0 Å². The summed E-state index contributed by atoms with van der Waals surface area (Å²) in [6.07, 6.45) is 5.10. The van der Waals surface area contributed by atoms with Crippen molar-refractivity contribution >= 4 is 16.1 Å². The van der Waals surface area contributed by atoms with Gasteiger partial charge in [-0.2, -0.15) is 0 Å². The molecule has 14 heavy (non-hydrogen) atoms. The van der Waals surface area contributed by atoms with Gasteiger partial charge >= 0.3 is 16.1 Å². The lowest BCUT2D eigenvalue weighted by atomic mass is 10.2. The number of hydrogen-bond acceptors (Lipinski definition) is 4. The SMILES string of the molecule is CO[P+](=O)CCCCCC[P+](=O)OC. The molecule has 0 aromatic carbocycles. The summed E-state index contributed by atoms with van der Waals surface area (Å²) < 4.78 is 31.0. The van der Waals surface area contributed by atoms with Gasteiger partial charge in [-0.3, -0.25) is 0 Å². The molecule has 0 heterocycles. The van der Waals surface area contributed by atoms with E-state index in [4.69, 9.17) is 0 Å². The van der Waals surface area contributed by atoms with Crippen LogP contribution in [0.4, 0.5) is 0 Å². The second-order valence-corrected chi connectivity index (χ2v) is 5.85. The predicted molar refractivity (Wildman–Crippen MR) is 57.4 cm³/mol. The smallest absolute Gasteiger partial charge is 0.150 e. The molecule has 0 N–H and O–H groups in total. The summed E-state index contributed by atoms with van der Waals surface area (Å²) >= 11 is 0. The van der Waals surface area contributed by atoms with Gasteiger partial charge < -0.3 is 0 Å². The molecule has 0 fully saturated rings. The first-order valence-corrected chi connectivity index (χ1v) is 7.40. The van der Waals surface area contributed by atoms with E-state index >= 15 is 0 Å². The molecule has 0 aliphatic carbocycles. The van der Waals surface area contributed by atoms with Gasteiger partial charge in [-0.25, -0.2) is 0 Å². The van der Waals surface area contributed by atoms with Gasteiger partial charge in [0.05, 0.1) is 14.2 Å². The molecule has 82 valence electrons. The molecule has 6 heteroatoms. The van der Waals surface area contributed by atoms with Crippen molar-refractivity contribution in [2.45, 2.75) is 25.7 Å². The van der Waals surface area contributed by atoms with E-state index in [1.807, 2.05) is 0 Å². The molecule has 0 bridgehead atoms. The summed E-state index contributed by atoms with van der Waals surface area (Å²) in [5.74, 6) is 0. The highest BCUT2D eigenvalue weighted by atomic mass is 31.1. The zero-order valence-corrected chi connectivity index (χ0v) is 10.6. The standard InChI is InChI=1S/C8H18O4P2/c1-11-13(9)7-5-3-4-6-8-14(10)12-2/h3-8H2,1-2H3/q+2. The van der Waals surface area contributed by atoms with Gasteiger partial charge in [0.15, 0.2) is 12.3 Å². The van der Waals surface area contributed by atoms with Crippen LogP contribution in [-0.4, -0.2) is 26.5 Å². The first-order valence-electron chi connectivity index (χ1n) is 4.68. The molecule has 0 saturated carbocycles. The average Bonchev–Trinajstić information content (AvgIpc) is 2.22. The van der Waals surface area contributed by atoms with Gasteiger partial charge in [0.1, 0.15) is 0 Å². The van der Waals surface area contributed by atoms with Crippen molar-refractivity contribution in [1.82, 2.24) is 0 Å². The summed E-state index contributed by atoms with van der Waals surface area (Å²) in [5.41, 5.74) is 0. The predicted octanol–water partition coefficient (Wildman–Crippen LogP) is 3.32. The largest absolute Gasteiger partial charge is 0.507 e. The van der Waals surface area contributed by atoms with Crippen molar-refractivity contribution in [2.24, 2.45) is 0 Å². The van der Waals surface area contributed by atoms with E-state index < -0.39 is 16.1 Å². The number of hydrogen-bond donors (Lipinski definition) is 0. The van der Waals surface area contributed by atoms with E-state index in [1.165, 1.54) is 14.2 Å². The Morgan fingerprint density at radius 2 is 1.14 bits per heavy atom. The second-order valence-electron chi connectivity index (χ2n) is 2.89. The highest BCUT2D eigenvalue weighted by molar-refractivity contribution is 7.39. The summed E-state index contributed by atoms with van der Waals surface area (Å²) in [5, 5.41) is 0. The Balaban J connectivity index is 3.14. The Hall–Kier alpha value is 0.120. The van der Waals surface area contributed by atoms with Crippen molar-refractivity contribution < 1.29 is 18.2 Å². The Kier molecular flexibility index (Phi) is 9.75. The monoisotopic (exact) mass is 240 g/mol. The molecule has 0 spiro atoms. The lowest BCUT2D eigenvalue weighted by molar-refractivity contribution is 0.410. The van der Waals surface area contributed by atoms with Gasteiger partial charge in [-0.05, 0) is 34.8 Å². The van der Waals surface area contributed by atoms with E-state index in [-0.39, 0.29) is 0 Å². The van der Waals surface area contributed by atoms with Gasteiger partial charge in [-0.15, -0.1) is 9.05 Å². The lowest BCUT2D eigenvalue weighted by Gasteiger charge is -1.91. The minimum absolute atomic E-state index is 0.627. The normalized spacial score (nSPS) is 12.7. The summed E-state index contributed by atoms with van der Waals surface area (Å²) in [6.45, 7) is 0. The Labute approximate surface area is 87.1 Å². The molecule has 4 nitrogen and oxygen atoms in total. The fourth-order valence-corrected chi connectivity index (χ4v) is 2.35. The minimum atomic E-state index is -1.45. The van der Waals surface area contributed by atoms with Gasteiger partial charge in [-0.1, -0.05) is 0 Å². The second kappa shape index (κ2) is 9.67. The molecule has 2 atom stereocenters. The molecular weight excluding hydrogens is 222 g/mol. The molecule has 0 rings (SSSR count). The van der Waals surface area contributed by atoms with Gasteiger partial charge in [0.2, 0.25) is 0 Å². The van der Waals surface area contributed by atoms with Gasteiger partial charge in [0.25, 0.3) is 0 Å². The molecular formula is C8H18O4P2+2. The Morgan fingerprint density at radius 3 is 1.43 bits per heavy atom. The van der Waals surface area contributed by atoms with Crippen molar-refractivity contribution in [2.75, 3.05) is 26.5 Å². The zero-order valence-electron chi connectivity index (χ0n) is 8.77. The first kappa shape index (κ1) is 14.1. The highest BCUT2D eigenvalue weighted by Gasteiger charge is 2.15. The maximum atomic E-state index is 10.9. The van der Waals surface area contributed by atoms with E-state index in [9.17, 15) is 9.13 Å². The summed E-state index contributed by atoms with van der Waals surface area (Å²) in [7, 11) is 0.0262. The van der Waals surface area contributed by atoms with Crippen molar-refractivity contribution in [1.29, 1.82) is 0 Å². The van der Waals surface area contributed by atoms with Crippen molar-refractivity contribution in [3.63, 3.8) is 0 Å². The number of rotatable bonds is 9. The third-order valence-corrected chi connectivity index (χ3v) is 4.02. The van der Waals surface area contributed by atoms with Crippen LogP contribution in [0.5, 0.6) is 0 Å². The topological polar surface area (TPSA) is 52.6 Å². The van der Waals surface area contributed by atoms with Crippen LogP contribution < -0.4 is 0 Å². The highest BCUT2D eigenvalue weighted by Crippen LogP contribution is 2.24. The van der Waals surface area contributed by atoms with Crippen LogP contribution in [0.1, 0.15) is 25.7 Å². The average molecular weight is 240 g/mol. The van der Waals surface area contributed by atoms with Crippen LogP contribution in [0.25, 0.3) is 0 Å². The minimum Gasteiger partial charge on any atom is -0.150 e. The molecule has 0 aliphatic heterocycles. The summed E-state index contributed by atoms with van der Waals surface area (Å²) in [4.78, 5) is 0. The van der Waals surface area contributed by atoms with Crippen LogP contribution in [0.2, 0.25) is 0 Å². The third kappa shape index (κ3) is 8.71. The molecule has 0 saturated heterocycles. The third-order valence-electron chi connectivity index (χ3n) is 1.84. The molecule has 0 aromatic heterocycles. The number of unbranched alkanes of at least 4 members (excludes halogenated alkanes) is 3. The van der Waals surface area contributed by atoms with E-state index in [1.54, 1.807) is 0 Å². The quantitative estimate of drug-likeness (QED) is 0.458. The van der Waals surface area contributed by atoms with Crippen molar-refractivity contribution in [3.05, 3.63) is 0 Å². The lowest BCUT2D eigenvalue weighted by Crippen LogP contribution is -1.85. The van der Waals surface area contributed by atoms with E-state index in [0.29, 0.717) is 12.3 Å². The molecule has 2 unspecified atom stereocenters. The first-order chi connectivity index (χ1) is 6.70. The van der Waals surface area contributed by atoms with Crippen LogP contribution in [-0.2, 0) is 18.2 Å². The molecule has 0 aromatic rings. The molecule has 0 amide bonds. The van der Waals surface area contributed by atoms with Crippen LogP contribution >= 0.6 is 16.1 Å². The molecule has 0 radical (unpaired) electrons. The maximum absolute atomic E-state index is 10.9. The van der Waals surface area contributed by atoms with E-state index in [0.717, 1.165) is 25.7 Å². The van der Waals surface area contributed by atoms with Crippen LogP contribution in [0, 0.1) is 0 Å². The van der Waals surface area contributed by atoms with Crippen LogP contribution in [0.15, 0.2) is 0 Å². The Morgan fingerprint density at radius 1 is 0.786 bits per heavy atom. The fourth-order valence-electron chi connectivity index (χ4n) is 1.02. The van der Waals surface area contributed by atoms with Crippen molar-refractivity contribution in [3.8, 4) is 0 Å². The Bertz CT molecular complexity index is 164. The maximum Gasteiger partial charge on any atom is 0.507 e. The van der Waals surface area contributed by atoms with Crippen LogP contribution in [0.3, 0.4) is 0 Å². The zero-order chi connectivity index (χ0) is 10.8. The van der Waals surface area contributed by atoms with E-state index in [2.05, 4.69) is 9.05 Å².